The first-order valence-corrected chi connectivity index (χ1v) is 12.6. The predicted octanol–water partition coefficient (Wildman–Crippen LogP) is 3.93. The van der Waals surface area contributed by atoms with E-state index in [9.17, 15) is 13.2 Å². The van der Waals surface area contributed by atoms with Crippen LogP contribution in [0.2, 0.25) is 0 Å². The van der Waals surface area contributed by atoms with E-state index in [0.29, 0.717) is 18.9 Å². The average Bonchev–Trinajstić information content (AvgIpc) is 2.73. The molecule has 0 spiro atoms. The number of hydrogen-bond donors (Lipinski definition) is 0. The van der Waals surface area contributed by atoms with Crippen molar-refractivity contribution in [1.82, 2.24) is 9.21 Å². The number of rotatable bonds is 5. The van der Waals surface area contributed by atoms with Crippen LogP contribution in [0.4, 0.5) is 0 Å². The molecule has 0 aliphatic heterocycles. The highest BCUT2D eigenvalue weighted by molar-refractivity contribution is 7.89. The molecule has 3 rings (SSSR count). The van der Waals surface area contributed by atoms with Gasteiger partial charge in [-0.05, 0) is 44.9 Å². The lowest BCUT2D eigenvalue weighted by atomic mass is 9.86. The number of carbonyl (C=O) groups excluding carboxylic acids is 1. The van der Waals surface area contributed by atoms with Gasteiger partial charge < -0.3 is 4.90 Å². The van der Waals surface area contributed by atoms with Crippen LogP contribution in [0.15, 0.2) is 0 Å². The van der Waals surface area contributed by atoms with Gasteiger partial charge in [0, 0.05) is 32.1 Å². The Morgan fingerprint density at radius 1 is 0.741 bits per heavy atom. The van der Waals surface area contributed by atoms with Gasteiger partial charge in [-0.15, -0.1) is 0 Å². The molecule has 0 bridgehead atoms. The zero-order valence-corrected chi connectivity index (χ0v) is 18.1. The average molecular weight is 399 g/mol. The molecule has 0 aromatic carbocycles. The van der Waals surface area contributed by atoms with Gasteiger partial charge in [-0.3, -0.25) is 4.79 Å². The minimum Gasteiger partial charge on any atom is -0.343 e. The molecule has 0 saturated heterocycles. The standard InChI is InChI=1S/C21H38N2O3S/c1-22(18-11-5-3-6-12-18)21(24)17-10-9-15-20(16-17)27(25,26)23(2)19-13-7-4-8-14-19/h17-20H,3-16H2,1-2H3. The fourth-order valence-electron chi connectivity index (χ4n) is 5.46. The van der Waals surface area contributed by atoms with Gasteiger partial charge in [-0.1, -0.05) is 44.9 Å². The Morgan fingerprint density at radius 2 is 1.30 bits per heavy atom. The number of nitrogens with zero attached hydrogens (tertiary/aromatic N) is 2. The van der Waals surface area contributed by atoms with Crippen molar-refractivity contribution in [3.8, 4) is 0 Å². The fraction of sp³-hybridized carbons (Fsp3) is 0.952. The van der Waals surface area contributed by atoms with E-state index in [0.717, 1.165) is 51.4 Å². The first-order valence-electron chi connectivity index (χ1n) is 11.1. The number of carbonyl (C=O) groups is 1. The third-order valence-electron chi connectivity index (χ3n) is 7.36. The van der Waals surface area contributed by atoms with Crippen molar-refractivity contribution < 1.29 is 13.2 Å². The molecule has 0 radical (unpaired) electrons. The summed E-state index contributed by atoms with van der Waals surface area (Å²) in [6.45, 7) is 0. The quantitative estimate of drug-likeness (QED) is 0.705. The summed E-state index contributed by atoms with van der Waals surface area (Å²) < 4.78 is 28.1. The number of amides is 1. The van der Waals surface area contributed by atoms with Crippen molar-refractivity contribution in [2.24, 2.45) is 5.92 Å². The van der Waals surface area contributed by atoms with Gasteiger partial charge in [0.1, 0.15) is 0 Å². The van der Waals surface area contributed by atoms with E-state index in [2.05, 4.69) is 0 Å². The van der Waals surface area contributed by atoms with Crippen molar-refractivity contribution in [1.29, 1.82) is 0 Å². The van der Waals surface area contributed by atoms with Crippen LogP contribution in [-0.4, -0.2) is 55.0 Å². The molecule has 27 heavy (non-hydrogen) atoms. The summed E-state index contributed by atoms with van der Waals surface area (Å²) in [5.74, 6) is 0.0623. The minimum absolute atomic E-state index is 0.120. The van der Waals surface area contributed by atoms with Crippen LogP contribution in [0.3, 0.4) is 0 Å². The van der Waals surface area contributed by atoms with Gasteiger partial charge in [0.15, 0.2) is 0 Å². The van der Waals surface area contributed by atoms with Crippen LogP contribution in [0.25, 0.3) is 0 Å². The highest BCUT2D eigenvalue weighted by Crippen LogP contribution is 2.34. The Hall–Kier alpha value is -0.620. The molecule has 2 unspecified atom stereocenters. The Bertz CT molecular complexity index is 595. The summed E-state index contributed by atoms with van der Waals surface area (Å²) in [6, 6.07) is 0.512. The second-order valence-electron chi connectivity index (χ2n) is 9.08. The third kappa shape index (κ3) is 4.87. The van der Waals surface area contributed by atoms with Crippen LogP contribution < -0.4 is 0 Å². The van der Waals surface area contributed by atoms with Crippen molar-refractivity contribution in [2.45, 2.75) is 107 Å². The van der Waals surface area contributed by atoms with E-state index < -0.39 is 10.0 Å². The zero-order chi connectivity index (χ0) is 19.4. The summed E-state index contributed by atoms with van der Waals surface area (Å²) >= 11 is 0. The molecule has 5 nitrogen and oxygen atoms in total. The molecule has 6 heteroatoms. The molecule has 0 heterocycles. The van der Waals surface area contributed by atoms with Crippen molar-refractivity contribution in [3.05, 3.63) is 0 Å². The first kappa shape index (κ1) is 21.1. The predicted molar refractivity (Wildman–Crippen MR) is 109 cm³/mol. The molecule has 0 aromatic heterocycles. The molecular formula is C21H38N2O3S. The Morgan fingerprint density at radius 3 is 1.89 bits per heavy atom. The van der Waals surface area contributed by atoms with E-state index in [1.54, 1.807) is 11.4 Å². The SMILES string of the molecule is CN(C(=O)C1CCCC(S(=O)(=O)N(C)C2CCCCC2)C1)C1CCCCC1. The summed E-state index contributed by atoms with van der Waals surface area (Å²) in [5.41, 5.74) is 0. The van der Waals surface area contributed by atoms with Crippen molar-refractivity contribution in [2.75, 3.05) is 14.1 Å². The Labute approximate surface area is 165 Å². The normalized spacial score (nSPS) is 29.0. The number of sulfonamides is 1. The maximum absolute atomic E-state index is 13.2. The highest BCUT2D eigenvalue weighted by atomic mass is 32.2. The van der Waals surface area contributed by atoms with E-state index in [-0.39, 0.29) is 23.1 Å². The molecule has 3 aliphatic rings. The van der Waals surface area contributed by atoms with Crippen LogP contribution in [0.5, 0.6) is 0 Å². The monoisotopic (exact) mass is 398 g/mol. The Balaban J connectivity index is 1.63. The molecule has 1 amide bonds. The fourth-order valence-corrected chi connectivity index (χ4v) is 7.50. The van der Waals surface area contributed by atoms with E-state index in [1.807, 2.05) is 11.9 Å². The molecule has 2 atom stereocenters. The topological polar surface area (TPSA) is 57.7 Å². The van der Waals surface area contributed by atoms with Gasteiger partial charge in [0.25, 0.3) is 0 Å². The van der Waals surface area contributed by atoms with Crippen molar-refractivity contribution in [3.63, 3.8) is 0 Å². The zero-order valence-electron chi connectivity index (χ0n) is 17.2. The van der Waals surface area contributed by atoms with Gasteiger partial charge >= 0.3 is 0 Å². The van der Waals surface area contributed by atoms with Crippen LogP contribution in [0.1, 0.15) is 89.9 Å². The molecular weight excluding hydrogens is 360 g/mol. The summed E-state index contributed by atoms with van der Waals surface area (Å²) in [4.78, 5) is 15.0. The van der Waals surface area contributed by atoms with Gasteiger partial charge in [-0.2, -0.15) is 0 Å². The van der Waals surface area contributed by atoms with Gasteiger partial charge in [-0.25, -0.2) is 12.7 Å². The molecule has 3 aliphatic carbocycles. The molecule has 3 saturated carbocycles. The van der Waals surface area contributed by atoms with E-state index in [4.69, 9.17) is 0 Å². The molecule has 156 valence electrons. The lowest BCUT2D eigenvalue weighted by Crippen LogP contribution is -2.47. The largest absolute Gasteiger partial charge is 0.343 e. The second-order valence-corrected chi connectivity index (χ2v) is 11.4. The minimum atomic E-state index is -3.32. The number of hydrogen-bond acceptors (Lipinski definition) is 3. The molecule has 0 N–H and O–H groups in total. The van der Waals surface area contributed by atoms with Crippen molar-refractivity contribution >= 4 is 15.9 Å². The first-order chi connectivity index (χ1) is 12.9. The lowest BCUT2D eigenvalue weighted by Gasteiger charge is -2.38. The highest BCUT2D eigenvalue weighted by Gasteiger charge is 2.40. The van der Waals surface area contributed by atoms with E-state index >= 15 is 0 Å². The van der Waals surface area contributed by atoms with Gasteiger partial charge in [0.05, 0.1) is 5.25 Å². The third-order valence-corrected chi connectivity index (χ3v) is 9.73. The van der Waals surface area contributed by atoms with E-state index in [1.165, 1.54) is 25.7 Å². The summed E-state index contributed by atoms with van der Waals surface area (Å²) in [5, 5.41) is -0.383. The summed E-state index contributed by atoms with van der Waals surface area (Å²) in [6.07, 6.45) is 14.2. The van der Waals surface area contributed by atoms with Crippen LogP contribution >= 0.6 is 0 Å². The van der Waals surface area contributed by atoms with Crippen LogP contribution in [-0.2, 0) is 14.8 Å². The van der Waals surface area contributed by atoms with Gasteiger partial charge in [0.2, 0.25) is 15.9 Å². The maximum atomic E-state index is 13.2. The lowest BCUT2D eigenvalue weighted by molar-refractivity contribution is -0.137. The smallest absolute Gasteiger partial charge is 0.225 e. The molecule has 3 fully saturated rings. The van der Waals surface area contributed by atoms with Crippen LogP contribution in [0, 0.1) is 5.92 Å². The second kappa shape index (κ2) is 9.25. The molecule has 0 aromatic rings. The maximum Gasteiger partial charge on any atom is 0.225 e. The summed E-state index contributed by atoms with van der Waals surface area (Å²) in [7, 11) is 0.388. The Kier molecular flexibility index (Phi) is 7.23.